The molecule has 0 N–H and O–H groups in total. The van der Waals surface area contributed by atoms with E-state index in [1.807, 2.05) is 0 Å². The van der Waals surface area contributed by atoms with Crippen molar-refractivity contribution in [3.05, 3.63) is 24.3 Å². The van der Waals surface area contributed by atoms with E-state index in [4.69, 9.17) is 0 Å². The van der Waals surface area contributed by atoms with Gasteiger partial charge in [0, 0.05) is 12.8 Å². The first kappa shape index (κ1) is 49.9. The first-order chi connectivity index (χ1) is 23.1. The second-order valence-electron chi connectivity index (χ2n) is 13.3. The van der Waals surface area contributed by atoms with E-state index in [1.54, 1.807) is 0 Å². The van der Waals surface area contributed by atoms with Gasteiger partial charge in [0.2, 0.25) is 0 Å². The van der Waals surface area contributed by atoms with E-state index < -0.39 is 113 Å². The molecule has 0 aromatic heterocycles. The van der Waals surface area contributed by atoms with E-state index >= 15 is 0 Å². The summed E-state index contributed by atoms with van der Waals surface area (Å²) in [5.41, 5.74) is 0. The third-order valence-electron chi connectivity index (χ3n) is 8.57. The van der Waals surface area contributed by atoms with Crippen LogP contribution < -0.4 is 10.4 Å². The van der Waals surface area contributed by atoms with E-state index in [0.29, 0.717) is 0 Å². The molecule has 1 rings (SSSR count). The molecular weight excluding hydrogens is 862 g/mol. The molecule has 0 bridgehead atoms. The van der Waals surface area contributed by atoms with Crippen molar-refractivity contribution in [3.8, 4) is 0 Å². The lowest BCUT2D eigenvalue weighted by Gasteiger charge is -2.40. The Bertz CT molecular complexity index is 1340. The smallest absolute Gasteiger partial charge is 0.200 e. The SMILES string of the molecule is C[Si](C)(CCC(F)(F)C(F)(F)C(F)(F)C(F)(F)C(F)(F)C(F)(F)F)c1ccc([Si](C)(C)CCC(F)(F)C(F)(F)C(F)(F)C(F)(F)C(F)(F)C(F)(F)F)cc1. The molecule has 0 spiro atoms. The molecule has 0 amide bonds. The Labute approximate surface area is 288 Å². The Balaban J connectivity index is 3.30. The molecule has 318 valence electrons. The minimum atomic E-state index is -8.11. The summed E-state index contributed by atoms with van der Waals surface area (Å²) in [6.07, 6.45) is -20.3. The maximum atomic E-state index is 14.3. The average molecular weight is 887 g/mol. The lowest BCUT2D eigenvalue weighted by molar-refractivity contribution is -0.440. The minimum absolute atomic E-state index is 0.166. The zero-order valence-corrected chi connectivity index (χ0v) is 29.0. The Hall–Kier alpha value is -2.17. The van der Waals surface area contributed by atoms with Crippen LogP contribution in [0.5, 0.6) is 0 Å². The van der Waals surface area contributed by atoms with Gasteiger partial charge in [-0.3, -0.25) is 0 Å². The van der Waals surface area contributed by atoms with Gasteiger partial charge in [-0.25, -0.2) is 0 Å². The maximum Gasteiger partial charge on any atom is 0.460 e. The third-order valence-corrected chi connectivity index (χ3v) is 15.4. The van der Waals surface area contributed by atoms with Crippen LogP contribution in [0, 0.1) is 0 Å². The van der Waals surface area contributed by atoms with Crippen molar-refractivity contribution in [2.24, 2.45) is 0 Å². The van der Waals surface area contributed by atoms with Crippen LogP contribution in [0.15, 0.2) is 24.3 Å². The van der Waals surface area contributed by atoms with Crippen LogP contribution in [0.25, 0.3) is 0 Å². The van der Waals surface area contributed by atoms with E-state index in [0.717, 1.165) is 50.5 Å². The number of hydrogen-bond donors (Lipinski definition) is 0. The van der Waals surface area contributed by atoms with Gasteiger partial charge in [0.05, 0.1) is 16.1 Å². The number of hydrogen-bond acceptors (Lipinski definition) is 0. The number of benzene rings is 1. The molecule has 0 atom stereocenters. The summed E-state index contributed by atoms with van der Waals surface area (Å²) in [5, 5.41) is -0.333. The Kier molecular flexibility index (Phi) is 12.7. The van der Waals surface area contributed by atoms with Crippen molar-refractivity contribution in [2.45, 2.75) is 123 Å². The predicted octanol–water partition coefficient (Wildman–Crippen LogP) is 11.8. The first-order valence-corrected chi connectivity index (χ1v) is 20.6. The second kappa shape index (κ2) is 13.7. The number of alkyl halides is 26. The van der Waals surface area contributed by atoms with E-state index in [1.165, 1.54) is 0 Å². The zero-order valence-electron chi connectivity index (χ0n) is 27.0. The van der Waals surface area contributed by atoms with Gasteiger partial charge in [-0.15, -0.1) is 0 Å². The predicted molar refractivity (Wildman–Crippen MR) is 141 cm³/mol. The zero-order chi connectivity index (χ0) is 43.8. The highest BCUT2D eigenvalue weighted by atomic mass is 28.3. The lowest BCUT2D eigenvalue weighted by atomic mass is 9.93. The van der Waals surface area contributed by atoms with Crippen molar-refractivity contribution in [1.82, 2.24) is 0 Å². The van der Waals surface area contributed by atoms with Crippen molar-refractivity contribution in [1.29, 1.82) is 0 Å². The summed E-state index contributed by atoms with van der Waals surface area (Å²) in [4.78, 5) is 0. The summed E-state index contributed by atoms with van der Waals surface area (Å²) in [6.45, 7) is 4.02. The van der Waals surface area contributed by atoms with Crippen LogP contribution in [0.2, 0.25) is 38.3 Å². The van der Waals surface area contributed by atoms with Crippen molar-refractivity contribution in [3.63, 3.8) is 0 Å². The van der Waals surface area contributed by atoms with Gasteiger partial charge in [0.15, 0.2) is 0 Å². The standard InChI is InChI=1S/C26H24F26Si2/c1-53(2,11-9-15(27,28)17(31,32)19(35,36)21(39,40)23(43,44)25(47,48)49)13-5-7-14(8-6-13)54(3,4)12-10-16(29,30)18(33,34)20(37,38)22(41,42)24(45,46)26(50,51)52/h5-8H,9-12H2,1-4H3. The quantitative estimate of drug-likeness (QED) is 0.115. The molecule has 0 radical (unpaired) electrons. The van der Waals surface area contributed by atoms with Crippen LogP contribution in [0.3, 0.4) is 0 Å². The van der Waals surface area contributed by atoms with Crippen molar-refractivity contribution >= 4 is 26.5 Å². The molecule has 0 nitrogen and oxygen atoms in total. The number of halogens is 26. The summed E-state index contributed by atoms with van der Waals surface area (Å²) >= 11 is 0. The summed E-state index contributed by atoms with van der Waals surface area (Å²) in [7, 11) is -7.47. The van der Waals surface area contributed by atoms with Crippen LogP contribution in [-0.4, -0.2) is 87.7 Å². The van der Waals surface area contributed by atoms with Crippen LogP contribution in [0.1, 0.15) is 12.8 Å². The van der Waals surface area contributed by atoms with Crippen LogP contribution in [0.4, 0.5) is 114 Å². The van der Waals surface area contributed by atoms with Crippen molar-refractivity contribution in [2.75, 3.05) is 0 Å². The van der Waals surface area contributed by atoms with Gasteiger partial charge in [0.1, 0.15) is 0 Å². The van der Waals surface area contributed by atoms with Crippen LogP contribution >= 0.6 is 0 Å². The highest BCUT2D eigenvalue weighted by Gasteiger charge is 2.92. The highest BCUT2D eigenvalue weighted by molar-refractivity contribution is 6.91. The van der Waals surface area contributed by atoms with Gasteiger partial charge >= 0.3 is 71.6 Å². The Morgan fingerprint density at radius 2 is 0.500 bits per heavy atom. The third kappa shape index (κ3) is 7.75. The molecular formula is C26H24F26Si2. The fourth-order valence-electron chi connectivity index (χ4n) is 4.52. The van der Waals surface area contributed by atoms with Gasteiger partial charge in [0.25, 0.3) is 0 Å². The molecule has 0 aliphatic heterocycles. The topological polar surface area (TPSA) is 0 Å². The molecule has 1 aromatic carbocycles. The molecule has 0 saturated heterocycles. The number of rotatable bonds is 16. The van der Waals surface area contributed by atoms with Crippen LogP contribution in [-0.2, 0) is 0 Å². The largest absolute Gasteiger partial charge is 0.460 e. The van der Waals surface area contributed by atoms with E-state index in [-0.39, 0.29) is 10.4 Å². The first-order valence-electron chi connectivity index (χ1n) is 14.1. The molecule has 0 saturated carbocycles. The van der Waals surface area contributed by atoms with E-state index in [2.05, 4.69) is 0 Å². The second-order valence-corrected chi connectivity index (χ2v) is 23.0. The fourth-order valence-corrected chi connectivity index (χ4v) is 9.11. The molecule has 1 aromatic rings. The van der Waals surface area contributed by atoms with Crippen molar-refractivity contribution < 1.29 is 114 Å². The lowest BCUT2D eigenvalue weighted by Crippen LogP contribution is -2.70. The summed E-state index contributed by atoms with van der Waals surface area (Å²) in [6, 6.07) is 0.890. The van der Waals surface area contributed by atoms with Gasteiger partial charge in [-0.2, -0.15) is 114 Å². The van der Waals surface area contributed by atoms with E-state index in [9.17, 15) is 114 Å². The highest BCUT2D eigenvalue weighted by Crippen LogP contribution is 2.62. The minimum Gasteiger partial charge on any atom is -0.200 e. The monoisotopic (exact) mass is 886 g/mol. The summed E-state index contributed by atoms with van der Waals surface area (Å²) < 4.78 is 349. The maximum absolute atomic E-state index is 14.3. The Morgan fingerprint density at radius 3 is 0.685 bits per heavy atom. The fraction of sp³-hybridized carbons (Fsp3) is 0.769. The normalized spacial score (nSPS) is 16.3. The molecule has 0 unspecified atom stereocenters. The molecule has 0 aliphatic rings. The van der Waals surface area contributed by atoms with Gasteiger partial charge in [-0.05, 0) is 12.1 Å². The Morgan fingerprint density at radius 1 is 0.315 bits per heavy atom. The molecule has 28 heteroatoms. The average Bonchev–Trinajstić information content (AvgIpc) is 2.97. The molecule has 0 aliphatic carbocycles. The molecule has 0 heterocycles. The van der Waals surface area contributed by atoms with Gasteiger partial charge in [-0.1, -0.05) is 60.8 Å². The summed E-state index contributed by atoms with van der Waals surface area (Å²) in [5.74, 6) is -76.0. The molecule has 54 heavy (non-hydrogen) atoms. The molecule has 0 fully saturated rings. The van der Waals surface area contributed by atoms with Gasteiger partial charge < -0.3 is 0 Å².